The van der Waals surface area contributed by atoms with Gasteiger partial charge in [-0.25, -0.2) is 0 Å². The van der Waals surface area contributed by atoms with Gasteiger partial charge >= 0.3 is 0 Å². The van der Waals surface area contributed by atoms with E-state index in [-0.39, 0.29) is 17.9 Å². The van der Waals surface area contributed by atoms with Gasteiger partial charge in [-0.15, -0.1) is 0 Å². The first kappa shape index (κ1) is 13.9. The van der Waals surface area contributed by atoms with Crippen molar-refractivity contribution in [2.45, 2.75) is 32.2 Å². The standard InChI is InChI=1S/C16H21ClN2O/c1-11(12-2-4-13(17)5-3-12)19-15(20)14-10-16(14)6-8-18-9-7-16/h2-5,11,14,18H,6-10H2,1H3,(H,19,20)/t11-,14?/m1/s1. The lowest BCUT2D eigenvalue weighted by molar-refractivity contribution is -0.123. The third kappa shape index (κ3) is 2.70. The molecule has 1 saturated heterocycles. The second kappa shape index (κ2) is 5.38. The van der Waals surface area contributed by atoms with Gasteiger partial charge in [0.15, 0.2) is 0 Å². The molecule has 20 heavy (non-hydrogen) atoms. The van der Waals surface area contributed by atoms with E-state index in [1.54, 1.807) is 0 Å². The van der Waals surface area contributed by atoms with E-state index in [0.717, 1.165) is 42.9 Å². The summed E-state index contributed by atoms with van der Waals surface area (Å²) in [6.45, 7) is 4.13. The van der Waals surface area contributed by atoms with Crippen LogP contribution in [-0.2, 0) is 4.79 Å². The van der Waals surface area contributed by atoms with Crippen molar-refractivity contribution in [2.24, 2.45) is 11.3 Å². The van der Waals surface area contributed by atoms with E-state index < -0.39 is 0 Å². The van der Waals surface area contributed by atoms with E-state index in [2.05, 4.69) is 10.6 Å². The normalized spacial score (nSPS) is 25.2. The largest absolute Gasteiger partial charge is 0.349 e. The molecule has 2 aliphatic rings. The topological polar surface area (TPSA) is 41.1 Å². The number of amides is 1. The van der Waals surface area contributed by atoms with Crippen LogP contribution in [0.5, 0.6) is 0 Å². The molecular weight excluding hydrogens is 272 g/mol. The van der Waals surface area contributed by atoms with Crippen molar-refractivity contribution in [2.75, 3.05) is 13.1 Å². The van der Waals surface area contributed by atoms with Crippen molar-refractivity contribution >= 4 is 17.5 Å². The molecule has 1 heterocycles. The van der Waals surface area contributed by atoms with Crippen LogP contribution in [0.1, 0.15) is 37.8 Å². The first-order chi connectivity index (χ1) is 9.61. The Morgan fingerprint density at radius 1 is 1.35 bits per heavy atom. The number of carbonyl (C=O) groups is 1. The molecule has 1 saturated carbocycles. The summed E-state index contributed by atoms with van der Waals surface area (Å²) in [6.07, 6.45) is 3.34. The predicted octanol–water partition coefficient (Wildman–Crippen LogP) is 2.91. The number of piperidine rings is 1. The van der Waals surface area contributed by atoms with E-state index in [1.165, 1.54) is 0 Å². The summed E-state index contributed by atoms with van der Waals surface area (Å²) in [5.41, 5.74) is 1.40. The van der Waals surface area contributed by atoms with E-state index in [1.807, 2.05) is 31.2 Å². The van der Waals surface area contributed by atoms with Gasteiger partial charge in [-0.2, -0.15) is 0 Å². The van der Waals surface area contributed by atoms with Gasteiger partial charge in [0.2, 0.25) is 5.91 Å². The highest BCUT2D eigenvalue weighted by atomic mass is 35.5. The summed E-state index contributed by atoms with van der Waals surface area (Å²) < 4.78 is 0. The molecule has 1 aromatic rings. The van der Waals surface area contributed by atoms with Gasteiger partial charge in [-0.1, -0.05) is 23.7 Å². The Morgan fingerprint density at radius 3 is 2.65 bits per heavy atom. The molecule has 2 fully saturated rings. The van der Waals surface area contributed by atoms with Crippen molar-refractivity contribution in [3.8, 4) is 0 Å². The first-order valence-electron chi connectivity index (χ1n) is 7.37. The van der Waals surface area contributed by atoms with Crippen molar-refractivity contribution < 1.29 is 4.79 Å². The zero-order valence-electron chi connectivity index (χ0n) is 11.8. The summed E-state index contributed by atoms with van der Waals surface area (Å²) >= 11 is 5.89. The number of hydrogen-bond donors (Lipinski definition) is 2. The minimum atomic E-state index is 0.0409. The highest BCUT2D eigenvalue weighted by Crippen LogP contribution is 2.58. The highest BCUT2D eigenvalue weighted by Gasteiger charge is 2.57. The molecule has 1 aliphatic heterocycles. The van der Waals surface area contributed by atoms with Gasteiger partial charge in [0.1, 0.15) is 0 Å². The fourth-order valence-electron chi connectivity index (χ4n) is 3.34. The van der Waals surface area contributed by atoms with Crippen molar-refractivity contribution in [3.63, 3.8) is 0 Å². The number of nitrogens with one attached hydrogen (secondary N) is 2. The molecule has 0 radical (unpaired) electrons. The van der Waals surface area contributed by atoms with Gasteiger partial charge in [0, 0.05) is 10.9 Å². The van der Waals surface area contributed by atoms with E-state index in [0.29, 0.717) is 5.41 Å². The van der Waals surface area contributed by atoms with Crippen molar-refractivity contribution in [1.29, 1.82) is 0 Å². The predicted molar refractivity (Wildman–Crippen MR) is 80.7 cm³/mol. The molecule has 3 nitrogen and oxygen atoms in total. The number of carbonyl (C=O) groups excluding carboxylic acids is 1. The quantitative estimate of drug-likeness (QED) is 0.899. The van der Waals surface area contributed by atoms with Gasteiger partial charge < -0.3 is 10.6 Å². The number of halogens is 1. The first-order valence-corrected chi connectivity index (χ1v) is 7.75. The second-order valence-electron chi connectivity index (χ2n) is 6.15. The average molecular weight is 293 g/mol. The molecule has 2 N–H and O–H groups in total. The monoisotopic (exact) mass is 292 g/mol. The van der Waals surface area contributed by atoms with Crippen LogP contribution in [-0.4, -0.2) is 19.0 Å². The van der Waals surface area contributed by atoms with Crippen LogP contribution in [0.4, 0.5) is 0 Å². The van der Waals surface area contributed by atoms with Gasteiger partial charge in [0.05, 0.1) is 6.04 Å². The molecule has 1 unspecified atom stereocenters. The molecule has 4 heteroatoms. The van der Waals surface area contributed by atoms with Crippen molar-refractivity contribution in [1.82, 2.24) is 10.6 Å². The zero-order chi connectivity index (χ0) is 14.2. The van der Waals surface area contributed by atoms with Crippen LogP contribution in [0.25, 0.3) is 0 Å². The summed E-state index contributed by atoms with van der Waals surface area (Å²) in [6, 6.07) is 7.72. The van der Waals surface area contributed by atoms with Gasteiger partial charge in [-0.05, 0) is 62.4 Å². The number of benzene rings is 1. The maximum absolute atomic E-state index is 12.4. The third-order valence-corrected chi connectivity index (χ3v) is 5.09. The number of rotatable bonds is 3. The Balaban J connectivity index is 1.58. The lowest BCUT2D eigenvalue weighted by Gasteiger charge is -2.23. The Hall–Kier alpha value is -1.06. The van der Waals surface area contributed by atoms with Crippen LogP contribution in [0.3, 0.4) is 0 Å². The Bertz CT molecular complexity index is 494. The van der Waals surface area contributed by atoms with Crippen LogP contribution in [0.2, 0.25) is 5.02 Å². The summed E-state index contributed by atoms with van der Waals surface area (Å²) in [5, 5.41) is 7.24. The SMILES string of the molecule is C[C@@H](NC(=O)C1CC12CCNCC2)c1ccc(Cl)cc1. The average Bonchev–Trinajstić information content (AvgIpc) is 3.14. The summed E-state index contributed by atoms with van der Waals surface area (Å²) in [4.78, 5) is 12.4. The molecule has 0 aromatic heterocycles. The Morgan fingerprint density at radius 2 is 2.00 bits per heavy atom. The minimum Gasteiger partial charge on any atom is -0.349 e. The maximum atomic E-state index is 12.4. The van der Waals surface area contributed by atoms with E-state index in [4.69, 9.17) is 11.6 Å². The fraction of sp³-hybridized carbons (Fsp3) is 0.562. The molecule has 3 rings (SSSR count). The molecule has 2 atom stereocenters. The third-order valence-electron chi connectivity index (χ3n) is 4.83. The lowest BCUT2D eigenvalue weighted by atomic mass is 9.91. The highest BCUT2D eigenvalue weighted by molar-refractivity contribution is 6.30. The molecule has 1 amide bonds. The van der Waals surface area contributed by atoms with Crippen LogP contribution in [0.15, 0.2) is 24.3 Å². The minimum absolute atomic E-state index is 0.0409. The van der Waals surface area contributed by atoms with Gasteiger partial charge in [-0.3, -0.25) is 4.79 Å². The molecule has 1 aromatic carbocycles. The van der Waals surface area contributed by atoms with Crippen LogP contribution < -0.4 is 10.6 Å². The molecule has 108 valence electrons. The van der Waals surface area contributed by atoms with Gasteiger partial charge in [0.25, 0.3) is 0 Å². The maximum Gasteiger partial charge on any atom is 0.224 e. The summed E-state index contributed by atoms with van der Waals surface area (Å²) in [7, 11) is 0. The molecular formula is C16H21ClN2O. The van der Waals surface area contributed by atoms with Crippen LogP contribution in [0, 0.1) is 11.3 Å². The van der Waals surface area contributed by atoms with Crippen molar-refractivity contribution in [3.05, 3.63) is 34.9 Å². The lowest BCUT2D eigenvalue weighted by Crippen LogP contribution is -2.34. The Labute approximate surface area is 125 Å². The zero-order valence-corrected chi connectivity index (χ0v) is 12.5. The summed E-state index contributed by atoms with van der Waals surface area (Å²) in [5.74, 6) is 0.439. The fourth-order valence-corrected chi connectivity index (χ4v) is 3.47. The molecule has 1 aliphatic carbocycles. The molecule has 1 spiro atoms. The Kier molecular flexibility index (Phi) is 3.74. The smallest absolute Gasteiger partial charge is 0.224 e. The molecule has 0 bridgehead atoms. The van der Waals surface area contributed by atoms with E-state index >= 15 is 0 Å². The number of hydrogen-bond acceptors (Lipinski definition) is 2. The van der Waals surface area contributed by atoms with Crippen LogP contribution >= 0.6 is 11.6 Å². The second-order valence-corrected chi connectivity index (χ2v) is 6.59. The van der Waals surface area contributed by atoms with E-state index in [9.17, 15) is 4.79 Å².